The van der Waals surface area contributed by atoms with Gasteiger partial charge in [-0.15, -0.1) is 11.3 Å². The monoisotopic (exact) mass is 651 g/mol. The highest BCUT2D eigenvalue weighted by Gasteiger charge is 2.42. The van der Waals surface area contributed by atoms with Crippen LogP contribution in [0.2, 0.25) is 10.0 Å². The van der Waals surface area contributed by atoms with Gasteiger partial charge in [-0.2, -0.15) is 0 Å². The van der Waals surface area contributed by atoms with Crippen LogP contribution in [0.15, 0.2) is 78.9 Å². The van der Waals surface area contributed by atoms with E-state index in [-0.39, 0.29) is 11.8 Å². The number of halogens is 2. The number of piperidine rings is 1. The molecular formula is C33H31Cl2N3O5S. The van der Waals surface area contributed by atoms with Crippen molar-refractivity contribution in [2.45, 2.75) is 24.7 Å². The summed E-state index contributed by atoms with van der Waals surface area (Å²) in [5, 5.41) is 12.0. The third-order valence-electron chi connectivity index (χ3n) is 7.85. The van der Waals surface area contributed by atoms with Gasteiger partial charge < -0.3 is 25.8 Å². The lowest BCUT2D eigenvalue weighted by Gasteiger charge is -2.40. The number of primary amides is 1. The molecule has 11 heteroatoms. The number of hydrogen-bond acceptors (Lipinski definition) is 5. The van der Waals surface area contributed by atoms with Crippen molar-refractivity contribution in [3.05, 3.63) is 99.3 Å². The van der Waals surface area contributed by atoms with E-state index in [1.807, 2.05) is 66.7 Å². The van der Waals surface area contributed by atoms with Gasteiger partial charge in [-0.1, -0.05) is 59.6 Å². The molecule has 0 saturated carbocycles. The smallest absolute Gasteiger partial charge is 0.404 e. The zero-order chi connectivity index (χ0) is 31.3. The molecule has 1 aliphatic heterocycles. The van der Waals surface area contributed by atoms with E-state index in [4.69, 9.17) is 38.8 Å². The van der Waals surface area contributed by atoms with Gasteiger partial charge in [0.15, 0.2) is 0 Å². The van der Waals surface area contributed by atoms with Crippen molar-refractivity contribution in [1.82, 2.24) is 10.2 Å². The van der Waals surface area contributed by atoms with Crippen molar-refractivity contribution in [3.8, 4) is 27.3 Å². The molecule has 0 unspecified atom stereocenters. The fraction of sp³-hybridized carbons (Fsp3) is 0.242. The minimum Gasteiger partial charge on any atom is -0.494 e. The van der Waals surface area contributed by atoms with Crippen LogP contribution in [0.25, 0.3) is 21.6 Å². The number of nitrogens with two attached hydrogens (primary N) is 1. The Balaban J connectivity index is 1.39. The first kappa shape index (κ1) is 31.4. The minimum absolute atomic E-state index is 0.117. The van der Waals surface area contributed by atoms with Crippen molar-refractivity contribution >= 4 is 52.4 Å². The largest absolute Gasteiger partial charge is 0.494 e. The summed E-state index contributed by atoms with van der Waals surface area (Å²) in [6, 6.07) is 24.2. The lowest BCUT2D eigenvalue weighted by Crippen LogP contribution is -2.51. The molecule has 2 heterocycles. The average molecular weight is 653 g/mol. The molecule has 5 rings (SSSR count). The second-order valence-electron chi connectivity index (χ2n) is 10.5. The van der Waals surface area contributed by atoms with Crippen molar-refractivity contribution in [2.24, 2.45) is 5.73 Å². The summed E-state index contributed by atoms with van der Waals surface area (Å²) in [5.41, 5.74) is 8.42. The molecule has 0 bridgehead atoms. The van der Waals surface area contributed by atoms with Crippen LogP contribution in [0, 0.1) is 0 Å². The number of nitrogens with zero attached hydrogens (tertiary/aromatic N) is 1. The highest BCUT2D eigenvalue weighted by molar-refractivity contribution is 7.18. The topological polar surface area (TPSA) is 122 Å². The predicted octanol–water partition coefficient (Wildman–Crippen LogP) is 7.08. The lowest BCUT2D eigenvalue weighted by atomic mass is 9.72. The Morgan fingerprint density at radius 2 is 1.66 bits per heavy atom. The zero-order valence-corrected chi connectivity index (χ0v) is 26.1. The second kappa shape index (κ2) is 13.7. The molecule has 8 nitrogen and oxygen atoms in total. The average Bonchev–Trinajstić information content (AvgIpc) is 3.46. The number of amides is 3. The summed E-state index contributed by atoms with van der Waals surface area (Å²) in [6.07, 6.45) is 0.359. The van der Waals surface area contributed by atoms with Gasteiger partial charge in [0.25, 0.3) is 5.91 Å². The van der Waals surface area contributed by atoms with E-state index in [1.165, 1.54) is 11.3 Å². The summed E-state index contributed by atoms with van der Waals surface area (Å²) in [7, 11) is 0. The number of nitrogens with one attached hydrogen (secondary N) is 1. The van der Waals surface area contributed by atoms with Gasteiger partial charge in [0.1, 0.15) is 5.75 Å². The highest BCUT2D eigenvalue weighted by atomic mass is 35.5. The zero-order valence-electron chi connectivity index (χ0n) is 23.7. The Labute approximate surface area is 269 Å². The third kappa shape index (κ3) is 6.85. The Morgan fingerprint density at radius 3 is 2.30 bits per heavy atom. The van der Waals surface area contributed by atoms with Crippen molar-refractivity contribution < 1.29 is 24.2 Å². The van der Waals surface area contributed by atoms with Gasteiger partial charge in [0.2, 0.25) is 5.91 Å². The molecule has 1 aliphatic rings. The van der Waals surface area contributed by atoms with E-state index < -0.39 is 11.5 Å². The van der Waals surface area contributed by atoms with Gasteiger partial charge in [-0.3, -0.25) is 9.59 Å². The predicted molar refractivity (Wildman–Crippen MR) is 174 cm³/mol. The van der Waals surface area contributed by atoms with E-state index in [2.05, 4.69) is 5.32 Å². The van der Waals surface area contributed by atoms with Crippen LogP contribution in [0.4, 0.5) is 4.79 Å². The van der Waals surface area contributed by atoms with E-state index in [1.54, 1.807) is 17.0 Å². The molecule has 0 aliphatic carbocycles. The van der Waals surface area contributed by atoms with E-state index in [9.17, 15) is 14.4 Å². The molecular weight excluding hydrogens is 621 g/mol. The highest BCUT2D eigenvalue weighted by Crippen LogP contribution is 2.44. The number of rotatable bonds is 10. The molecule has 0 spiro atoms. The number of carbonyl (C=O) groups excluding carboxylic acids is 2. The van der Waals surface area contributed by atoms with Crippen molar-refractivity contribution in [3.63, 3.8) is 0 Å². The number of likely N-dealkylation sites (tertiary alicyclic amines) is 1. The molecule has 3 aromatic carbocycles. The number of carboxylic acid groups (broad SMARTS) is 1. The molecule has 4 aromatic rings. The number of ether oxygens (including phenoxy) is 1. The third-order valence-corrected chi connectivity index (χ3v) is 9.57. The number of hydrogen-bond donors (Lipinski definition) is 3. The first-order valence-electron chi connectivity index (χ1n) is 14.1. The minimum atomic E-state index is -1.06. The number of thiophene rings is 1. The van der Waals surface area contributed by atoms with E-state index in [0.29, 0.717) is 66.2 Å². The standard InChI is InChI=1S/C33H31Cl2N3O5S/c34-23-9-12-25(27(35)19-23)26-20-28(44-29(26)21-7-10-24(11-8-21)43-18-4-15-37-32(41)42)30(39)38-16-13-33(14-17-38,31(36)40)22-5-2-1-3-6-22/h1-3,5-12,19-20,37H,4,13-18H2,(H2,36,40)(H,41,42). The van der Waals surface area contributed by atoms with Gasteiger partial charge in [0, 0.05) is 45.7 Å². The molecule has 44 heavy (non-hydrogen) atoms. The van der Waals surface area contributed by atoms with Crippen molar-refractivity contribution in [2.75, 3.05) is 26.2 Å². The lowest BCUT2D eigenvalue weighted by molar-refractivity contribution is -0.125. The van der Waals surface area contributed by atoms with Crippen LogP contribution in [-0.2, 0) is 10.2 Å². The van der Waals surface area contributed by atoms with Gasteiger partial charge in [-0.05, 0) is 72.9 Å². The normalized spacial score (nSPS) is 14.2. The van der Waals surface area contributed by atoms with Gasteiger partial charge >= 0.3 is 6.09 Å². The first-order chi connectivity index (χ1) is 21.2. The molecule has 1 aromatic heterocycles. The maximum absolute atomic E-state index is 13.9. The van der Waals surface area contributed by atoms with Crippen molar-refractivity contribution in [1.29, 1.82) is 0 Å². The molecule has 0 radical (unpaired) electrons. The fourth-order valence-corrected chi connectivity index (χ4v) is 7.12. The Hall–Kier alpha value is -4.05. The van der Waals surface area contributed by atoms with Crippen LogP contribution >= 0.6 is 34.5 Å². The molecule has 228 valence electrons. The van der Waals surface area contributed by atoms with Crippen LogP contribution in [-0.4, -0.2) is 54.2 Å². The molecule has 1 saturated heterocycles. The summed E-state index contributed by atoms with van der Waals surface area (Å²) in [5.74, 6) is 0.152. The maximum atomic E-state index is 13.9. The molecule has 3 amide bonds. The van der Waals surface area contributed by atoms with Crippen LogP contribution in [0.3, 0.4) is 0 Å². The number of carbonyl (C=O) groups is 3. The Bertz CT molecular complexity index is 1650. The van der Waals surface area contributed by atoms with Gasteiger partial charge in [0.05, 0.1) is 16.9 Å². The Kier molecular flexibility index (Phi) is 9.78. The van der Waals surface area contributed by atoms with E-state index >= 15 is 0 Å². The summed E-state index contributed by atoms with van der Waals surface area (Å²) >= 11 is 14.2. The molecule has 0 atom stereocenters. The summed E-state index contributed by atoms with van der Waals surface area (Å²) in [6.45, 7) is 1.46. The summed E-state index contributed by atoms with van der Waals surface area (Å²) in [4.78, 5) is 40.3. The van der Waals surface area contributed by atoms with Crippen LogP contribution in [0.5, 0.6) is 5.75 Å². The first-order valence-corrected chi connectivity index (χ1v) is 15.7. The number of benzene rings is 3. The Morgan fingerprint density at radius 1 is 0.955 bits per heavy atom. The molecule has 1 fully saturated rings. The SMILES string of the molecule is NC(=O)C1(c2ccccc2)CCN(C(=O)c2cc(-c3ccc(Cl)cc3Cl)c(-c3ccc(OCCCNC(=O)O)cc3)s2)CC1. The summed E-state index contributed by atoms with van der Waals surface area (Å²) < 4.78 is 5.76. The fourth-order valence-electron chi connectivity index (χ4n) is 5.46. The van der Waals surface area contributed by atoms with Crippen LogP contribution in [0.1, 0.15) is 34.5 Å². The maximum Gasteiger partial charge on any atom is 0.404 e. The van der Waals surface area contributed by atoms with E-state index in [0.717, 1.165) is 27.1 Å². The quantitative estimate of drug-likeness (QED) is 0.158. The molecule has 4 N–H and O–H groups in total. The van der Waals surface area contributed by atoms with Gasteiger partial charge in [-0.25, -0.2) is 4.79 Å². The van der Waals surface area contributed by atoms with Crippen LogP contribution < -0.4 is 15.8 Å². The second-order valence-corrected chi connectivity index (χ2v) is 12.4.